The summed E-state index contributed by atoms with van der Waals surface area (Å²) in [6, 6.07) is 15.6. The fourth-order valence-electron chi connectivity index (χ4n) is 3.62. The smallest absolute Gasteiger partial charge is 0.232 e. The monoisotopic (exact) mass is 386 g/mol. The van der Waals surface area contributed by atoms with E-state index in [0.717, 1.165) is 11.1 Å². The van der Waals surface area contributed by atoms with Crippen molar-refractivity contribution in [3.05, 3.63) is 59.7 Å². The minimum atomic E-state index is -3.31. The minimum Gasteiger partial charge on any atom is -0.326 e. The number of nitrogens with one attached hydrogen (secondary N) is 1. The SMILES string of the molecule is CC(C)C(CC(=O)Nc1ccc2c(c1)N(S(C)(=O)=O)CC2)c1ccccc1. The Morgan fingerprint density at radius 3 is 2.48 bits per heavy atom. The fourth-order valence-corrected chi connectivity index (χ4v) is 4.57. The second-order valence-electron chi connectivity index (χ2n) is 7.44. The third-order valence-corrected chi connectivity index (χ3v) is 6.24. The third kappa shape index (κ3) is 4.50. The van der Waals surface area contributed by atoms with Crippen LogP contribution < -0.4 is 9.62 Å². The van der Waals surface area contributed by atoms with Crippen LogP contribution in [0.2, 0.25) is 0 Å². The van der Waals surface area contributed by atoms with Gasteiger partial charge in [-0.3, -0.25) is 9.10 Å². The molecule has 0 bridgehead atoms. The van der Waals surface area contributed by atoms with Gasteiger partial charge in [0.05, 0.1) is 11.9 Å². The highest BCUT2D eigenvalue weighted by atomic mass is 32.2. The van der Waals surface area contributed by atoms with E-state index in [9.17, 15) is 13.2 Å². The molecule has 0 aliphatic carbocycles. The summed E-state index contributed by atoms with van der Waals surface area (Å²) in [6.45, 7) is 4.68. The molecule has 2 aromatic carbocycles. The second kappa shape index (κ2) is 7.72. The van der Waals surface area contributed by atoms with Crippen LogP contribution in [0, 0.1) is 5.92 Å². The number of sulfonamides is 1. The first-order valence-electron chi connectivity index (χ1n) is 9.21. The van der Waals surface area contributed by atoms with Crippen LogP contribution in [0.3, 0.4) is 0 Å². The van der Waals surface area contributed by atoms with E-state index in [1.165, 1.54) is 10.6 Å². The van der Waals surface area contributed by atoms with Crippen LogP contribution in [-0.2, 0) is 21.2 Å². The van der Waals surface area contributed by atoms with Crippen LogP contribution in [0.4, 0.5) is 11.4 Å². The van der Waals surface area contributed by atoms with Gasteiger partial charge in [0.15, 0.2) is 0 Å². The molecule has 1 atom stereocenters. The standard InChI is InChI=1S/C21H26N2O3S/c1-15(2)19(16-7-5-4-6-8-16)14-21(24)22-18-10-9-17-11-12-23(20(17)13-18)27(3,25)26/h4-10,13,15,19H,11-12,14H2,1-3H3,(H,22,24). The molecule has 0 spiro atoms. The highest BCUT2D eigenvalue weighted by molar-refractivity contribution is 7.92. The van der Waals surface area contributed by atoms with E-state index in [-0.39, 0.29) is 11.8 Å². The van der Waals surface area contributed by atoms with Gasteiger partial charge in [0.25, 0.3) is 0 Å². The number of nitrogens with zero attached hydrogens (tertiary/aromatic N) is 1. The van der Waals surface area contributed by atoms with Gasteiger partial charge in [0.2, 0.25) is 15.9 Å². The number of carbonyl (C=O) groups excluding carboxylic acids is 1. The van der Waals surface area contributed by atoms with E-state index in [2.05, 4.69) is 31.3 Å². The summed E-state index contributed by atoms with van der Waals surface area (Å²) >= 11 is 0. The Morgan fingerprint density at radius 2 is 1.85 bits per heavy atom. The number of hydrogen-bond acceptors (Lipinski definition) is 3. The molecule has 1 amide bonds. The molecule has 2 aromatic rings. The lowest BCUT2D eigenvalue weighted by atomic mass is 9.85. The Hall–Kier alpha value is -2.34. The number of benzene rings is 2. The molecule has 0 saturated heterocycles. The van der Waals surface area contributed by atoms with Crippen molar-refractivity contribution >= 4 is 27.3 Å². The lowest BCUT2D eigenvalue weighted by Gasteiger charge is -2.21. The van der Waals surface area contributed by atoms with Gasteiger partial charge >= 0.3 is 0 Å². The molecule has 144 valence electrons. The molecule has 1 unspecified atom stereocenters. The summed E-state index contributed by atoms with van der Waals surface area (Å²) in [5, 5.41) is 2.94. The van der Waals surface area contributed by atoms with Gasteiger partial charge in [-0.2, -0.15) is 0 Å². The molecule has 1 heterocycles. The first kappa shape index (κ1) is 19.4. The van der Waals surface area contributed by atoms with Gasteiger partial charge in [-0.05, 0) is 41.5 Å². The van der Waals surface area contributed by atoms with Crippen LogP contribution in [-0.4, -0.2) is 27.1 Å². The second-order valence-corrected chi connectivity index (χ2v) is 9.35. The van der Waals surface area contributed by atoms with Crippen LogP contribution in [0.1, 0.15) is 37.3 Å². The summed E-state index contributed by atoms with van der Waals surface area (Å²) in [5.74, 6) is 0.397. The maximum absolute atomic E-state index is 12.6. The Morgan fingerprint density at radius 1 is 1.15 bits per heavy atom. The first-order valence-corrected chi connectivity index (χ1v) is 11.1. The lowest BCUT2D eigenvalue weighted by molar-refractivity contribution is -0.116. The van der Waals surface area contributed by atoms with E-state index in [1.807, 2.05) is 30.3 Å². The van der Waals surface area contributed by atoms with E-state index >= 15 is 0 Å². The normalized spacial score (nSPS) is 14.9. The molecular formula is C21H26N2O3S. The number of carbonyl (C=O) groups is 1. The molecule has 0 fully saturated rings. The zero-order chi connectivity index (χ0) is 19.6. The van der Waals surface area contributed by atoms with Gasteiger partial charge in [-0.1, -0.05) is 50.2 Å². The molecule has 27 heavy (non-hydrogen) atoms. The maximum Gasteiger partial charge on any atom is 0.232 e. The Kier molecular flexibility index (Phi) is 5.56. The zero-order valence-electron chi connectivity index (χ0n) is 16.0. The summed E-state index contributed by atoms with van der Waals surface area (Å²) in [5.41, 5.74) is 3.44. The number of hydrogen-bond donors (Lipinski definition) is 1. The lowest BCUT2D eigenvalue weighted by Crippen LogP contribution is -2.27. The van der Waals surface area contributed by atoms with Crippen molar-refractivity contribution in [2.45, 2.75) is 32.6 Å². The molecule has 3 rings (SSSR count). The summed E-state index contributed by atoms with van der Waals surface area (Å²) in [7, 11) is -3.31. The minimum absolute atomic E-state index is 0.0681. The highest BCUT2D eigenvalue weighted by Crippen LogP contribution is 2.33. The molecule has 1 aliphatic rings. The van der Waals surface area contributed by atoms with Gasteiger partial charge in [0, 0.05) is 18.7 Å². The summed E-state index contributed by atoms with van der Waals surface area (Å²) < 4.78 is 25.3. The van der Waals surface area contributed by atoms with Crippen LogP contribution in [0.5, 0.6) is 0 Å². The zero-order valence-corrected chi connectivity index (χ0v) is 16.8. The van der Waals surface area contributed by atoms with Crippen molar-refractivity contribution in [1.29, 1.82) is 0 Å². The largest absolute Gasteiger partial charge is 0.326 e. The predicted octanol–water partition coefficient (Wildman–Crippen LogP) is 3.78. The van der Waals surface area contributed by atoms with E-state index in [4.69, 9.17) is 0 Å². The van der Waals surface area contributed by atoms with Crippen molar-refractivity contribution in [3.63, 3.8) is 0 Å². The quantitative estimate of drug-likeness (QED) is 0.822. The number of rotatable bonds is 6. The first-order chi connectivity index (χ1) is 12.8. The topological polar surface area (TPSA) is 66.5 Å². The molecule has 0 aromatic heterocycles. The molecule has 1 N–H and O–H groups in total. The van der Waals surface area contributed by atoms with E-state index < -0.39 is 10.0 Å². The number of amides is 1. The third-order valence-electron chi connectivity index (χ3n) is 5.06. The maximum atomic E-state index is 12.6. The number of anilines is 2. The van der Waals surface area contributed by atoms with Crippen LogP contribution in [0.25, 0.3) is 0 Å². The van der Waals surface area contributed by atoms with Gasteiger partial charge in [-0.15, -0.1) is 0 Å². The average molecular weight is 387 g/mol. The van der Waals surface area contributed by atoms with E-state index in [1.54, 1.807) is 6.07 Å². The van der Waals surface area contributed by atoms with Crippen molar-refractivity contribution in [2.75, 3.05) is 22.4 Å². The Labute approximate surface area is 161 Å². The summed E-state index contributed by atoms with van der Waals surface area (Å²) in [4.78, 5) is 12.6. The Balaban J connectivity index is 1.75. The van der Waals surface area contributed by atoms with Crippen molar-refractivity contribution < 1.29 is 13.2 Å². The molecule has 5 nitrogen and oxygen atoms in total. The molecular weight excluding hydrogens is 360 g/mol. The average Bonchev–Trinajstić information content (AvgIpc) is 3.03. The van der Waals surface area contributed by atoms with Gasteiger partial charge in [-0.25, -0.2) is 8.42 Å². The van der Waals surface area contributed by atoms with Crippen molar-refractivity contribution in [3.8, 4) is 0 Å². The predicted molar refractivity (Wildman–Crippen MR) is 110 cm³/mol. The van der Waals surface area contributed by atoms with Gasteiger partial charge < -0.3 is 5.32 Å². The Bertz CT molecular complexity index is 924. The highest BCUT2D eigenvalue weighted by Gasteiger charge is 2.26. The molecule has 0 radical (unpaired) electrons. The van der Waals surface area contributed by atoms with E-state index in [0.29, 0.717) is 36.7 Å². The molecule has 1 aliphatic heterocycles. The summed E-state index contributed by atoms with van der Waals surface area (Å²) in [6.07, 6.45) is 2.29. The molecule has 6 heteroatoms. The van der Waals surface area contributed by atoms with Gasteiger partial charge in [0.1, 0.15) is 0 Å². The molecule has 0 saturated carbocycles. The van der Waals surface area contributed by atoms with Crippen molar-refractivity contribution in [1.82, 2.24) is 0 Å². The number of fused-ring (bicyclic) bond motifs is 1. The van der Waals surface area contributed by atoms with Crippen molar-refractivity contribution in [2.24, 2.45) is 5.92 Å². The van der Waals surface area contributed by atoms with Crippen LogP contribution in [0.15, 0.2) is 48.5 Å². The fraction of sp³-hybridized carbons (Fsp3) is 0.381. The van der Waals surface area contributed by atoms with Crippen LogP contribution >= 0.6 is 0 Å².